The fraction of sp³-hybridized carbons (Fsp3) is 0.368. The number of amides is 1. The summed E-state index contributed by atoms with van der Waals surface area (Å²) in [5.41, 5.74) is 1.17. The molecule has 9 nitrogen and oxygen atoms in total. The van der Waals surface area contributed by atoms with Gasteiger partial charge < -0.3 is 25.7 Å². The summed E-state index contributed by atoms with van der Waals surface area (Å²) in [5, 5.41) is 20.3. The van der Waals surface area contributed by atoms with Crippen molar-refractivity contribution in [2.45, 2.75) is 19.4 Å². The lowest BCUT2D eigenvalue weighted by atomic mass is 10.1. The molecule has 0 aliphatic carbocycles. The van der Waals surface area contributed by atoms with E-state index in [1.54, 1.807) is 19.3 Å². The van der Waals surface area contributed by atoms with Gasteiger partial charge in [-0.3, -0.25) is 9.89 Å². The first kappa shape index (κ1) is 19.4. The lowest BCUT2D eigenvalue weighted by molar-refractivity contribution is -0.119. The number of pyridine rings is 1. The van der Waals surface area contributed by atoms with E-state index in [1.165, 1.54) is 6.21 Å². The van der Waals surface area contributed by atoms with Gasteiger partial charge >= 0.3 is 0 Å². The highest BCUT2D eigenvalue weighted by atomic mass is 16.5. The van der Waals surface area contributed by atoms with Crippen molar-refractivity contribution in [1.82, 2.24) is 20.5 Å². The van der Waals surface area contributed by atoms with Gasteiger partial charge in [0.1, 0.15) is 17.5 Å². The quantitative estimate of drug-likeness (QED) is 0.457. The summed E-state index contributed by atoms with van der Waals surface area (Å²) in [7, 11) is 1.57. The van der Waals surface area contributed by atoms with Gasteiger partial charge in [-0.25, -0.2) is 4.98 Å². The van der Waals surface area contributed by atoms with E-state index in [4.69, 9.17) is 15.1 Å². The molecule has 1 fully saturated rings. The lowest BCUT2D eigenvalue weighted by Gasteiger charge is -2.34. The zero-order valence-corrected chi connectivity index (χ0v) is 15.9. The van der Waals surface area contributed by atoms with Gasteiger partial charge in [0.15, 0.2) is 0 Å². The van der Waals surface area contributed by atoms with E-state index in [1.807, 2.05) is 6.07 Å². The molecule has 146 valence electrons. The average molecular weight is 381 g/mol. The van der Waals surface area contributed by atoms with Crippen LogP contribution < -0.4 is 15.5 Å². The normalized spacial score (nSPS) is 16.1. The van der Waals surface area contributed by atoms with Crippen LogP contribution in [0.2, 0.25) is 0 Å². The number of aromatic nitrogens is 3. The average Bonchev–Trinajstić information content (AvgIpc) is 3.21. The van der Waals surface area contributed by atoms with E-state index in [0.717, 1.165) is 5.82 Å². The number of hydrogen-bond donors (Lipinski definition) is 4. The van der Waals surface area contributed by atoms with Crippen LogP contribution in [0, 0.1) is 17.3 Å². The summed E-state index contributed by atoms with van der Waals surface area (Å²) >= 11 is 0. The number of H-pyrrole nitrogens is 1. The summed E-state index contributed by atoms with van der Waals surface area (Å²) in [6.45, 7) is 4.03. The zero-order chi connectivity index (χ0) is 19.9. The fourth-order valence-electron chi connectivity index (χ4n) is 2.86. The number of carbonyl (C=O) groups excluding carboxylic acids is 1. The Bertz CT molecular complexity index is 899. The molecule has 1 atom stereocenters. The molecule has 1 aliphatic heterocycles. The highest BCUT2D eigenvalue weighted by molar-refractivity contribution is 5.90. The number of anilines is 3. The highest BCUT2D eigenvalue weighted by Crippen LogP contribution is 2.26. The zero-order valence-electron chi connectivity index (χ0n) is 15.9. The van der Waals surface area contributed by atoms with Crippen LogP contribution in [0.25, 0.3) is 0 Å². The van der Waals surface area contributed by atoms with E-state index >= 15 is 0 Å². The molecule has 2 aromatic heterocycles. The van der Waals surface area contributed by atoms with Crippen molar-refractivity contribution >= 4 is 29.6 Å². The molecule has 0 aromatic carbocycles. The Hall–Kier alpha value is -3.38. The Morgan fingerprint density at radius 3 is 3.11 bits per heavy atom. The van der Waals surface area contributed by atoms with Crippen LogP contribution in [0.4, 0.5) is 17.5 Å². The maximum atomic E-state index is 11.5. The van der Waals surface area contributed by atoms with Crippen molar-refractivity contribution in [2.24, 2.45) is 0 Å². The second-order valence-electron chi connectivity index (χ2n) is 6.30. The van der Waals surface area contributed by atoms with Crippen LogP contribution >= 0.6 is 0 Å². The third-order valence-electron chi connectivity index (χ3n) is 4.36. The molecule has 9 heteroatoms. The number of aromatic amines is 1. The van der Waals surface area contributed by atoms with Gasteiger partial charge in [0, 0.05) is 31.4 Å². The Morgan fingerprint density at radius 1 is 1.57 bits per heavy atom. The predicted octanol–water partition coefficient (Wildman–Crippen LogP) is 1.26. The fourth-order valence-corrected chi connectivity index (χ4v) is 2.86. The van der Waals surface area contributed by atoms with Crippen LogP contribution in [-0.2, 0) is 9.53 Å². The number of morpholine rings is 1. The van der Waals surface area contributed by atoms with Gasteiger partial charge in [-0.1, -0.05) is 11.8 Å². The van der Waals surface area contributed by atoms with Crippen molar-refractivity contribution < 1.29 is 9.53 Å². The molecule has 3 rings (SSSR count). The molecule has 0 unspecified atom stereocenters. The van der Waals surface area contributed by atoms with Crippen LogP contribution in [0.1, 0.15) is 24.5 Å². The second-order valence-corrected chi connectivity index (χ2v) is 6.30. The van der Waals surface area contributed by atoms with Crippen LogP contribution in [-0.4, -0.2) is 60.2 Å². The number of ether oxygens (including phenoxy) is 1. The van der Waals surface area contributed by atoms with E-state index < -0.39 is 0 Å². The summed E-state index contributed by atoms with van der Waals surface area (Å²) < 4.78 is 5.52. The molecule has 0 bridgehead atoms. The number of carbonyl (C=O) groups is 1. The van der Waals surface area contributed by atoms with Gasteiger partial charge in [0.25, 0.3) is 0 Å². The molecule has 1 amide bonds. The number of nitrogens with zero attached hydrogens (tertiary/aromatic N) is 3. The molecule has 0 radical (unpaired) electrons. The van der Waals surface area contributed by atoms with Crippen molar-refractivity contribution in [3.05, 3.63) is 29.5 Å². The van der Waals surface area contributed by atoms with Crippen LogP contribution in [0.3, 0.4) is 0 Å². The van der Waals surface area contributed by atoms with Crippen molar-refractivity contribution in [2.75, 3.05) is 37.0 Å². The number of hydrogen-bond acceptors (Lipinski definition) is 7. The van der Waals surface area contributed by atoms with Crippen molar-refractivity contribution in [3.63, 3.8) is 0 Å². The summed E-state index contributed by atoms with van der Waals surface area (Å²) in [5.74, 6) is 7.63. The minimum absolute atomic E-state index is 0.0862. The van der Waals surface area contributed by atoms with E-state index in [2.05, 4.69) is 44.5 Å². The minimum atomic E-state index is -0.157. The summed E-state index contributed by atoms with van der Waals surface area (Å²) in [6, 6.07) is 3.80. The number of nitrogens with one attached hydrogen (secondary N) is 4. The van der Waals surface area contributed by atoms with Crippen molar-refractivity contribution in [1.29, 1.82) is 5.41 Å². The lowest BCUT2D eigenvalue weighted by Crippen LogP contribution is -2.44. The molecule has 3 heterocycles. The topological polar surface area (TPSA) is 119 Å². The standard InChI is InChI=1S/C19H23N7O2/c1-13-12-28-9-8-26(13)17-10-14(4-3-5-18(27)21-2)15(11-20)19(24-17)23-16-6-7-22-25-16/h6-7,10-11,13,20H,5,8-9,12H2,1-2H3,(H,21,27)(H2,22,23,24,25)/t13-/m1/s1. The Balaban J connectivity index is 2.03. The third kappa shape index (κ3) is 4.47. The van der Waals surface area contributed by atoms with Gasteiger partial charge in [-0.2, -0.15) is 5.10 Å². The second kappa shape index (κ2) is 9.01. The Kier molecular flexibility index (Phi) is 6.24. The summed E-state index contributed by atoms with van der Waals surface area (Å²) in [6.07, 6.45) is 2.93. The first-order chi connectivity index (χ1) is 13.6. The highest BCUT2D eigenvalue weighted by Gasteiger charge is 2.22. The Morgan fingerprint density at radius 2 is 2.43 bits per heavy atom. The SMILES string of the molecule is CNC(=O)CC#Cc1cc(N2CCOC[C@H]2C)nc(Nc2ccn[nH]2)c1C=N. The van der Waals surface area contributed by atoms with Gasteiger partial charge in [-0.05, 0) is 13.0 Å². The largest absolute Gasteiger partial charge is 0.377 e. The molecule has 28 heavy (non-hydrogen) atoms. The monoisotopic (exact) mass is 381 g/mol. The first-order valence-electron chi connectivity index (χ1n) is 8.98. The smallest absolute Gasteiger partial charge is 0.231 e. The van der Waals surface area contributed by atoms with E-state index in [0.29, 0.717) is 42.5 Å². The van der Waals surface area contributed by atoms with Crippen LogP contribution in [0.15, 0.2) is 18.3 Å². The first-order valence-corrected chi connectivity index (χ1v) is 8.98. The maximum Gasteiger partial charge on any atom is 0.231 e. The molecule has 0 spiro atoms. The summed E-state index contributed by atoms with van der Waals surface area (Å²) in [4.78, 5) is 18.4. The van der Waals surface area contributed by atoms with Gasteiger partial charge in [0.2, 0.25) is 5.91 Å². The van der Waals surface area contributed by atoms with Crippen LogP contribution in [0.5, 0.6) is 0 Å². The molecular formula is C19H23N7O2. The minimum Gasteiger partial charge on any atom is -0.377 e. The Labute approximate surface area is 163 Å². The molecular weight excluding hydrogens is 358 g/mol. The third-order valence-corrected chi connectivity index (χ3v) is 4.36. The van der Waals surface area contributed by atoms with E-state index in [9.17, 15) is 4.79 Å². The molecule has 1 saturated heterocycles. The molecule has 2 aromatic rings. The van der Waals surface area contributed by atoms with Gasteiger partial charge in [0.05, 0.1) is 37.4 Å². The maximum absolute atomic E-state index is 11.5. The molecule has 0 saturated carbocycles. The van der Waals surface area contributed by atoms with Crippen molar-refractivity contribution in [3.8, 4) is 11.8 Å². The molecule has 4 N–H and O–H groups in total. The van der Waals surface area contributed by atoms with E-state index in [-0.39, 0.29) is 18.4 Å². The predicted molar refractivity (Wildman–Crippen MR) is 107 cm³/mol. The van der Waals surface area contributed by atoms with Gasteiger partial charge in [-0.15, -0.1) is 0 Å². The molecule has 1 aliphatic rings. The number of rotatable bonds is 5.